The van der Waals surface area contributed by atoms with Crippen molar-refractivity contribution >= 4 is 29.0 Å². The zero-order valence-electron chi connectivity index (χ0n) is 10.5. The standard InChI is InChI=1S/C15H11ClN2O2/c16-10-5-6-12(17-9-10)15(20)18-8-7-14(19)11-3-1-2-4-13(11)18/h1-6,9H,7-8H2. The topological polar surface area (TPSA) is 50.3 Å². The van der Waals surface area contributed by atoms with Crippen molar-refractivity contribution in [2.24, 2.45) is 0 Å². The van der Waals surface area contributed by atoms with Crippen LogP contribution in [0.4, 0.5) is 5.69 Å². The van der Waals surface area contributed by atoms with Crippen molar-refractivity contribution in [3.63, 3.8) is 0 Å². The molecular weight excluding hydrogens is 276 g/mol. The first-order chi connectivity index (χ1) is 9.66. The molecular formula is C15H11ClN2O2. The molecule has 0 saturated heterocycles. The van der Waals surface area contributed by atoms with E-state index in [0.717, 1.165) is 0 Å². The van der Waals surface area contributed by atoms with Crippen LogP contribution in [0.3, 0.4) is 0 Å². The largest absolute Gasteiger partial charge is 0.306 e. The van der Waals surface area contributed by atoms with E-state index in [0.29, 0.717) is 34.9 Å². The van der Waals surface area contributed by atoms with Gasteiger partial charge in [0, 0.05) is 24.7 Å². The smallest absolute Gasteiger partial charge is 0.276 e. The number of carbonyl (C=O) groups is 2. The number of anilines is 1. The maximum Gasteiger partial charge on any atom is 0.276 e. The molecule has 0 radical (unpaired) electrons. The van der Waals surface area contributed by atoms with Crippen molar-refractivity contribution in [1.82, 2.24) is 4.98 Å². The van der Waals surface area contributed by atoms with Crippen LogP contribution in [0.15, 0.2) is 42.6 Å². The van der Waals surface area contributed by atoms with E-state index in [9.17, 15) is 9.59 Å². The lowest BCUT2D eigenvalue weighted by atomic mass is 10.00. The van der Waals surface area contributed by atoms with Gasteiger partial charge in [0.25, 0.3) is 5.91 Å². The lowest BCUT2D eigenvalue weighted by Crippen LogP contribution is -2.37. The van der Waals surface area contributed by atoms with Gasteiger partial charge in [-0.3, -0.25) is 9.59 Å². The molecule has 1 amide bonds. The number of carbonyl (C=O) groups excluding carboxylic acids is 2. The van der Waals surface area contributed by atoms with Crippen molar-refractivity contribution in [3.05, 3.63) is 58.9 Å². The Morgan fingerprint density at radius 2 is 2.00 bits per heavy atom. The second-order valence-electron chi connectivity index (χ2n) is 4.51. The molecule has 0 bridgehead atoms. The number of nitrogens with zero attached hydrogens (tertiary/aromatic N) is 2. The van der Waals surface area contributed by atoms with Crippen molar-refractivity contribution in [2.45, 2.75) is 6.42 Å². The number of Topliss-reactive ketones (excluding diaryl/α,β-unsaturated/α-hetero) is 1. The summed E-state index contributed by atoms with van der Waals surface area (Å²) in [6.45, 7) is 0.374. The SMILES string of the molecule is O=C1CCN(C(=O)c2ccc(Cl)cn2)c2ccccc21. The third kappa shape index (κ3) is 2.18. The third-order valence-corrected chi connectivity index (χ3v) is 3.47. The van der Waals surface area contributed by atoms with E-state index in [4.69, 9.17) is 11.6 Å². The number of benzene rings is 1. The van der Waals surface area contributed by atoms with E-state index in [1.165, 1.54) is 6.20 Å². The van der Waals surface area contributed by atoms with Gasteiger partial charge in [-0.05, 0) is 24.3 Å². The number of fused-ring (bicyclic) bond motifs is 1. The van der Waals surface area contributed by atoms with Gasteiger partial charge in [-0.15, -0.1) is 0 Å². The second-order valence-corrected chi connectivity index (χ2v) is 4.95. The minimum Gasteiger partial charge on any atom is -0.306 e. The predicted octanol–water partition coefficient (Wildman–Crippen LogP) is 2.97. The van der Waals surface area contributed by atoms with Gasteiger partial charge in [-0.2, -0.15) is 0 Å². The Bertz CT molecular complexity index is 683. The molecule has 4 nitrogen and oxygen atoms in total. The summed E-state index contributed by atoms with van der Waals surface area (Å²) in [6, 6.07) is 10.3. The Kier molecular flexibility index (Phi) is 3.24. The normalized spacial score (nSPS) is 14.1. The zero-order valence-corrected chi connectivity index (χ0v) is 11.3. The number of ketones is 1. The molecule has 1 aromatic carbocycles. The van der Waals surface area contributed by atoms with Crippen molar-refractivity contribution in [1.29, 1.82) is 0 Å². The fourth-order valence-electron chi connectivity index (χ4n) is 2.26. The summed E-state index contributed by atoms with van der Waals surface area (Å²) in [5.41, 5.74) is 1.55. The van der Waals surface area contributed by atoms with Crippen LogP contribution < -0.4 is 4.90 Å². The number of para-hydroxylation sites is 1. The highest BCUT2D eigenvalue weighted by molar-refractivity contribution is 6.30. The number of hydrogen-bond donors (Lipinski definition) is 0. The Hall–Kier alpha value is -2.20. The van der Waals surface area contributed by atoms with E-state index in [2.05, 4.69) is 4.98 Å². The Labute approximate surface area is 121 Å². The number of rotatable bonds is 1. The maximum atomic E-state index is 12.5. The van der Waals surface area contributed by atoms with Crippen molar-refractivity contribution in [2.75, 3.05) is 11.4 Å². The minimum atomic E-state index is -0.221. The van der Waals surface area contributed by atoms with Crippen LogP contribution in [0, 0.1) is 0 Å². The van der Waals surface area contributed by atoms with Gasteiger partial charge >= 0.3 is 0 Å². The monoisotopic (exact) mass is 286 g/mol. The first-order valence-corrected chi connectivity index (χ1v) is 6.60. The molecule has 100 valence electrons. The average Bonchev–Trinajstić information content (AvgIpc) is 2.48. The first kappa shape index (κ1) is 12.8. The number of amides is 1. The van der Waals surface area contributed by atoms with Gasteiger partial charge in [0.1, 0.15) is 5.69 Å². The molecule has 0 spiro atoms. The van der Waals surface area contributed by atoms with E-state index in [-0.39, 0.29) is 11.7 Å². The summed E-state index contributed by atoms with van der Waals surface area (Å²) in [7, 11) is 0. The number of aromatic nitrogens is 1. The van der Waals surface area contributed by atoms with Crippen molar-refractivity contribution in [3.8, 4) is 0 Å². The average molecular weight is 287 g/mol. The van der Waals surface area contributed by atoms with Crippen molar-refractivity contribution < 1.29 is 9.59 Å². The summed E-state index contributed by atoms with van der Waals surface area (Å²) in [4.78, 5) is 30.0. The summed E-state index contributed by atoms with van der Waals surface area (Å²) in [6.07, 6.45) is 1.77. The third-order valence-electron chi connectivity index (χ3n) is 3.25. The Morgan fingerprint density at radius 3 is 2.75 bits per heavy atom. The quantitative estimate of drug-likeness (QED) is 0.810. The van der Waals surface area contributed by atoms with Crippen LogP contribution in [0.2, 0.25) is 5.02 Å². The summed E-state index contributed by atoms with van der Waals surface area (Å²) >= 11 is 5.77. The van der Waals surface area contributed by atoms with E-state index in [1.807, 2.05) is 6.07 Å². The molecule has 1 aliphatic rings. The molecule has 0 fully saturated rings. The summed E-state index contributed by atoms with van der Waals surface area (Å²) in [5.74, 6) is -0.157. The zero-order chi connectivity index (χ0) is 14.1. The van der Waals surface area contributed by atoms with Gasteiger partial charge < -0.3 is 4.90 Å². The molecule has 0 saturated carbocycles. The molecule has 0 aliphatic carbocycles. The highest BCUT2D eigenvalue weighted by Crippen LogP contribution is 2.27. The van der Waals surface area contributed by atoms with Gasteiger partial charge in [0.05, 0.1) is 10.7 Å². The molecule has 5 heteroatoms. The van der Waals surface area contributed by atoms with E-state index < -0.39 is 0 Å². The number of halogens is 1. The maximum absolute atomic E-state index is 12.5. The molecule has 3 rings (SSSR count). The number of pyridine rings is 1. The van der Waals surface area contributed by atoms with Gasteiger partial charge in [-0.25, -0.2) is 4.98 Å². The fourth-order valence-corrected chi connectivity index (χ4v) is 2.38. The second kappa shape index (κ2) is 5.06. The summed E-state index contributed by atoms with van der Waals surface area (Å²) < 4.78 is 0. The number of hydrogen-bond acceptors (Lipinski definition) is 3. The Balaban J connectivity index is 1.99. The molecule has 20 heavy (non-hydrogen) atoms. The van der Waals surface area contributed by atoms with Crippen LogP contribution in [0.5, 0.6) is 0 Å². The summed E-state index contributed by atoms with van der Waals surface area (Å²) in [5, 5.41) is 0.482. The first-order valence-electron chi connectivity index (χ1n) is 6.22. The predicted molar refractivity (Wildman–Crippen MR) is 76.3 cm³/mol. The van der Waals surface area contributed by atoms with Crippen LogP contribution in [-0.4, -0.2) is 23.2 Å². The fraction of sp³-hybridized carbons (Fsp3) is 0.133. The van der Waals surface area contributed by atoms with Crippen LogP contribution >= 0.6 is 11.6 Å². The lowest BCUT2D eigenvalue weighted by Gasteiger charge is -2.28. The van der Waals surface area contributed by atoms with Crippen LogP contribution in [0.1, 0.15) is 27.3 Å². The van der Waals surface area contributed by atoms with Gasteiger partial charge in [0.15, 0.2) is 5.78 Å². The van der Waals surface area contributed by atoms with Crippen LogP contribution in [-0.2, 0) is 0 Å². The van der Waals surface area contributed by atoms with Crippen LogP contribution in [0.25, 0.3) is 0 Å². The molecule has 2 heterocycles. The molecule has 0 unspecified atom stereocenters. The highest BCUT2D eigenvalue weighted by Gasteiger charge is 2.27. The minimum absolute atomic E-state index is 0.0636. The molecule has 0 atom stereocenters. The highest BCUT2D eigenvalue weighted by atomic mass is 35.5. The molecule has 1 aromatic heterocycles. The van der Waals surface area contributed by atoms with E-state index >= 15 is 0 Å². The van der Waals surface area contributed by atoms with Gasteiger partial charge in [0.2, 0.25) is 0 Å². The lowest BCUT2D eigenvalue weighted by molar-refractivity contribution is 0.0952. The van der Waals surface area contributed by atoms with E-state index in [1.54, 1.807) is 35.2 Å². The molecule has 0 N–H and O–H groups in total. The Morgan fingerprint density at radius 1 is 1.20 bits per heavy atom. The van der Waals surface area contributed by atoms with Gasteiger partial charge in [-0.1, -0.05) is 23.7 Å². The molecule has 2 aromatic rings. The molecule has 1 aliphatic heterocycles.